The van der Waals surface area contributed by atoms with Crippen molar-refractivity contribution in [3.8, 4) is 0 Å². The summed E-state index contributed by atoms with van der Waals surface area (Å²) in [5.41, 5.74) is 1.35. The summed E-state index contributed by atoms with van der Waals surface area (Å²) < 4.78 is 2.02. The van der Waals surface area contributed by atoms with Crippen LogP contribution in [0.25, 0.3) is 0 Å². The SMILES string of the molecule is CCC(C)c1cnn(C(C)C)c1. The maximum atomic E-state index is 4.30. The van der Waals surface area contributed by atoms with Gasteiger partial charge in [0.15, 0.2) is 0 Å². The lowest BCUT2D eigenvalue weighted by molar-refractivity contribution is 0.531. The van der Waals surface area contributed by atoms with E-state index in [0.29, 0.717) is 12.0 Å². The first-order valence-electron chi connectivity index (χ1n) is 4.69. The van der Waals surface area contributed by atoms with Gasteiger partial charge in [0.25, 0.3) is 0 Å². The van der Waals surface area contributed by atoms with Crippen LogP contribution < -0.4 is 0 Å². The molecular weight excluding hydrogens is 148 g/mol. The van der Waals surface area contributed by atoms with E-state index in [-0.39, 0.29) is 0 Å². The highest BCUT2D eigenvalue weighted by Crippen LogP contribution is 2.18. The molecule has 1 aromatic rings. The van der Waals surface area contributed by atoms with Crippen LogP contribution in [0.15, 0.2) is 12.4 Å². The molecule has 1 atom stereocenters. The smallest absolute Gasteiger partial charge is 0.0524 e. The van der Waals surface area contributed by atoms with Gasteiger partial charge >= 0.3 is 0 Å². The Labute approximate surface area is 74.6 Å². The molecule has 0 aromatic carbocycles. The first-order chi connectivity index (χ1) is 5.65. The van der Waals surface area contributed by atoms with Crippen molar-refractivity contribution in [1.82, 2.24) is 9.78 Å². The zero-order valence-corrected chi connectivity index (χ0v) is 8.41. The second-order valence-electron chi connectivity index (χ2n) is 3.66. The fourth-order valence-electron chi connectivity index (χ4n) is 1.13. The zero-order valence-electron chi connectivity index (χ0n) is 8.41. The molecule has 0 aliphatic carbocycles. The number of aromatic nitrogens is 2. The fourth-order valence-corrected chi connectivity index (χ4v) is 1.13. The summed E-state index contributed by atoms with van der Waals surface area (Å²) in [6.07, 6.45) is 5.32. The molecule has 0 saturated heterocycles. The third kappa shape index (κ3) is 1.87. The number of hydrogen-bond acceptors (Lipinski definition) is 1. The molecule has 0 aliphatic heterocycles. The summed E-state index contributed by atoms with van der Waals surface area (Å²) in [5.74, 6) is 0.637. The summed E-state index contributed by atoms with van der Waals surface area (Å²) in [4.78, 5) is 0. The van der Waals surface area contributed by atoms with Crippen molar-refractivity contribution in [3.05, 3.63) is 18.0 Å². The maximum absolute atomic E-state index is 4.30. The Morgan fingerprint density at radius 1 is 1.42 bits per heavy atom. The summed E-state index contributed by atoms with van der Waals surface area (Å²) in [7, 11) is 0. The van der Waals surface area contributed by atoms with E-state index in [1.807, 2.05) is 10.9 Å². The minimum Gasteiger partial charge on any atom is -0.270 e. The quantitative estimate of drug-likeness (QED) is 0.675. The molecule has 0 amide bonds. The van der Waals surface area contributed by atoms with Crippen LogP contribution in [0, 0.1) is 0 Å². The van der Waals surface area contributed by atoms with Crippen LogP contribution in [0.1, 0.15) is 51.6 Å². The minimum absolute atomic E-state index is 0.475. The third-order valence-corrected chi connectivity index (χ3v) is 2.33. The minimum atomic E-state index is 0.475. The van der Waals surface area contributed by atoms with Gasteiger partial charge in [0.1, 0.15) is 0 Å². The summed E-state index contributed by atoms with van der Waals surface area (Å²) >= 11 is 0. The summed E-state index contributed by atoms with van der Waals surface area (Å²) in [6.45, 7) is 8.74. The Hall–Kier alpha value is -0.790. The second-order valence-corrected chi connectivity index (χ2v) is 3.66. The van der Waals surface area contributed by atoms with Crippen LogP contribution in [0.4, 0.5) is 0 Å². The van der Waals surface area contributed by atoms with Crippen LogP contribution in [0.2, 0.25) is 0 Å². The van der Waals surface area contributed by atoms with Gasteiger partial charge in [-0.3, -0.25) is 4.68 Å². The number of rotatable bonds is 3. The molecule has 1 aromatic heterocycles. The molecule has 1 heterocycles. The van der Waals surface area contributed by atoms with Crippen LogP contribution >= 0.6 is 0 Å². The Morgan fingerprint density at radius 3 is 2.50 bits per heavy atom. The lowest BCUT2D eigenvalue weighted by Gasteiger charge is -2.05. The molecule has 0 radical (unpaired) electrons. The topological polar surface area (TPSA) is 17.8 Å². The van der Waals surface area contributed by atoms with Gasteiger partial charge in [-0.2, -0.15) is 5.10 Å². The van der Waals surface area contributed by atoms with Crippen molar-refractivity contribution < 1.29 is 0 Å². The molecule has 0 fully saturated rings. The molecule has 68 valence electrons. The van der Waals surface area contributed by atoms with Crippen LogP contribution in [-0.2, 0) is 0 Å². The average Bonchev–Trinajstić information content (AvgIpc) is 2.51. The normalized spacial score (nSPS) is 13.8. The van der Waals surface area contributed by atoms with Crippen molar-refractivity contribution >= 4 is 0 Å². The largest absolute Gasteiger partial charge is 0.270 e. The van der Waals surface area contributed by atoms with E-state index < -0.39 is 0 Å². The molecule has 0 saturated carbocycles. The molecule has 0 spiro atoms. The standard InChI is InChI=1S/C10H18N2/c1-5-9(4)10-6-11-12(7-10)8(2)3/h6-9H,5H2,1-4H3. The monoisotopic (exact) mass is 166 g/mol. The highest BCUT2D eigenvalue weighted by molar-refractivity contribution is 5.09. The van der Waals surface area contributed by atoms with Crippen molar-refractivity contribution in [2.75, 3.05) is 0 Å². The molecular formula is C10H18N2. The molecule has 0 aliphatic rings. The molecule has 0 bridgehead atoms. The van der Waals surface area contributed by atoms with Crippen molar-refractivity contribution in [1.29, 1.82) is 0 Å². The van der Waals surface area contributed by atoms with Gasteiger partial charge in [0.05, 0.1) is 6.20 Å². The maximum Gasteiger partial charge on any atom is 0.0524 e. The predicted molar refractivity (Wildman–Crippen MR) is 51.3 cm³/mol. The van der Waals surface area contributed by atoms with Crippen LogP contribution in [-0.4, -0.2) is 9.78 Å². The number of hydrogen-bond donors (Lipinski definition) is 0. The zero-order chi connectivity index (χ0) is 9.14. The Kier molecular flexibility index (Phi) is 2.90. The summed E-state index contributed by atoms with van der Waals surface area (Å²) in [6, 6.07) is 0.475. The molecule has 1 unspecified atom stereocenters. The van der Waals surface area contributed by atoms with Gasteiger partial charge in [-0.1, -0.05) is 13.8 Å². The van der Waals surface area contributed by atoms with Gasteiger partial charge in [-0.15, -0.1) is 0 Å². The van der Waals surface area contributed by atoms with Gasteiger partial charge in [-0.05, 0) is 31.7 Å². The third-order valence-electron chi connectivity index (χ3n) is 2.33. The molecule has 1 rings (SSSR count). The Balaban J connectivity index is 2.77. The van der Waals surface area contributed by atoms with E-state index in [1.165, 1.54) is 12.0 Å². The van der Waals surface area contributed by atoms with E-state index >= 15 is 0 Å². The van der Waals surface area contributed by atoms with Gasteiger partial charge in [0.2, 0.25) is 0 Å². The van der Waals surface area contributed by atoms with Crippen molar-refractivity contribution in [2.24, 2.45) is 0 Å². The van der Waals surface area contributed by atoms with Gasteiger partial charge in [0, 0.05) is 12.2 Å². The first-order valence-corrected chi connectivity index (χ1v) is 4.69. The molecule has 2 heteroatoms. The van der Waals surface area contributed by atoms with E-state index in [2.05, 4.69) is 39.0 Å². The van der Waals surface area contributed by atoms with E-state index in [4.69, 9.17) is 0 Å². The molecule has 12 heavy (non-hydrogen) atoms. The van der Waals surface area contributed by atoms with Crippen LogP contribution in [0.5, 0.6) is 0 Å². The summed E-state index contributed by atoms with van der Waals surface area (Å²) in [5, 5.41) is 4.30. The Morgan fingerprint density at radius 2 is 2.08 bits per heavy atom. The predicted octanol–water partition coefficient (Wildman–Crippen LogP) is 2.98. The lowest BCUT2D eigenvalue weighted by atomic mass is 10.0. The van der Waals surface area contributed by atoms with Crippen molar-refractivity contribution in [3.63, 3.8) is 0 Å². The first kappa shape index (κ1) is 9.30. The van der Waals surface area contributed by atoms with E-state index in [1.54, 1.807) is 0 Å². The van der Waals surface area contributed by atoms with Crippen molar-refractivity contribution in [2.45, 2.75) is 46.1 Å². The highest BCUT2D eigenvalue weighted by atomic mass is 15.3. The molecule has 2 nitrogen and oxygen atoms in total. The number of nitrogens with zero attached hydrogens (tertiary/aromatic N) is 2. The van der Waals surface area contributed by atoms with Gasteiger partial charge in [-0.25, -0.2) is 0 Å². The highest BCUT2D eigenvalue weighted by Gasteiger charge is 2.06. The molecule has 0 N–H and O–H groups in total. The lowest BCUT2D eigenvalue weighted by Crippen LogP contribution is -2.00. The van der Waals surface area contributed by atoms with Crippen LogP contribution in [0.3, 0.4) is 0 Å². The van der Waals surface area contributed by atoms with Gasteiger partial charge < -0.3 is 0 Å². The van der Waals surface area contributed by atoms with E-state index in [0.717, 1.165) is 0 Å². The fraction of sp³-hybridized carbons (Fsp3) is 0.700. The second kappa shape index (κ2) is 3.74. The van der Waals surface area contributed by atoms with E-state index in [9.17, 15) is 0 Å². The Bertz CT molecular complexity index is 238. The average molecular weight is 166 g/mol.